The van der Waals surface area contributed by atoms with E-state index in [2.05, 4.69) is 58.1 Å². The minimum Gasteiger partial charge on any atom is -0.310 e. The average molecular weight is 233 g/mol. The Morgan fingerprint density at radius 2 is 1.82 bits per heavy atom. The third kappa shape index (κ3) is 4.51. The third-order valence-corrected chi connectivity index (χ3v) is 3.29. The molecule has 1 unspecified atom stereocenters. The highest BCUT2D eigenvalue weighted by Gasteiger charge is 2.13. The van der Waals surface area contributed by atoms with Crippen molar-refractivity contribution < 1.29 is 0 Å². The SMILES string of the molecule is CCNC(CCC(C)C)c1cc(C)ccc1C. The van der Waals surface area contributed by atoms with Gasteiger partial charge in [0.1, 0.15) is 0 Å². The molecule has 0 aromatic heterocycles. The summed E-state index contributed by atoms with van der Waals surface area (Å²) in [4.78, 5) is 0. The van der Waals surface area contributed by atoms with Crippen LogP contribution in [-0.4, -0.2) is 6.54 Å². The Bertz CT molecular complexity index is 341. The van der Waals surface area contributed by atoms with Crippen molar-refractivity contribution in [3.63, 3.8) is 0 Å². The Morgan fingerprint density at radius 1 is 1.12 bits per heavy atom. The number of hydrogen-bond acceptors (Lipinski definition) is 1. The molecule has 0 aliphatic heterocycles. The molecule has 1 nitrogen and oxygen atoms in total. The van der Waals surface area contributed by atoms with Crippen LogP contribution in [0.4, 0.5) is 0 Å². The van der Waals surface area contributed by atoms with Crippen LogP contribution >= 0.6 is 0 Å². The Labute approximate surface area is 107 Å². The van der Waals surface area contributed by atoms with Gasteiger partial charge in [0.15, 0.2) is 0 Å². The van der Waals surface area contributed by atoms with E-state index in [1.807, 2.05) is 0 Å². The van der Waals surface area contributed by atoms with Crippen LogP contribution in [0.1, 0.15) is 56.3 Å². The molecule has 0 heterocycles. The summed E-state index contributed by atoms with van der Waals surface area (Å²) in [6, 6.07) is 7.29. The first-order chi connectivity index (χ1) is 8.04. The first-order valence-corrected chi connectivity index (χ1v) is 6.85. The molecule has 0 radical (unpaired) electrons. The predicted octanol–water partition coefficient (Wildman–Crippen LogP) is 4.39. The van der Waals surface area contributed by atoms with Gasteiger partial charge in [0.05, 0.1) is 0 Å². The molecule has 1 atom stereocenters. The minimum absolute atomic E-state index is 0.516. The van der Waals surface area contributed by atoms with Gasteiger partial charge in [-0.25, -0.2) is 0 Å². The van der Waals surface area contributed by atoms with Crippen LogP contribution in [0.15, 0.2) is 18.2 Å². The highest BCUT2D eigenvalue weighted by atomic mass is 14.9. The fourth-order valence-electron chi connectivity index (χ4n) is 2.25. The molecular weight excluding hydrogens is 206 g/mol. The van der Waals surface area contributed by atoms with Crippen LogP contribution in [0.2, 0.25) is 0 Å². The fraction of sp³-hybridized carbons (Fsp3) is 0.625. The molecule has 0 aliphatic rings. The second-order valence-corrected chi connectivity index (χ2v) is 5.44. The van der Waals surface area contributed by atoms with Gasteiger partial charge >= 0.3 is 0 Å². The average Bonchev–Trinajstić information content (AvgIpc) is 2.27. The van der Waals surface area contributed by atoms with Gasteiger partial charge in [-0.1, -0.05) is 44.5 Å². The molecule has 0 saturated heterocycles. The lowest BCUT2D eigenvalue weighted by atomic mass is 9.93. The largest absolute Gasteiger partial charge is 0.310 e. The van der Waals surface area contributed by atoms with Gasteiger partial charge in [-0.15, -0.1) is 0 Å². The maximum Gasteiger partial charge on any atom is 0.0322 e. The van der Waals surface area contributed by atoms with Gasteiger partial charge in [-0.05, 0) is 50.3 Å². The molecule has 96 valence electrons. The highest BCUT2D eigenvalue weighted by molar-refractivity contribution is 5.33. The van der Waals surface area contributed by atoms with Gasteiger partial charge < -0.3 is 5.32 Å². The second kappa shape index (κ2) is 6.80. The standard InChI is InChI=1S/C16H27N/c1-6-17-16(10-7-12(2)3)15-11-13(4)8-9-14(15)5/h8-9,11-12,16-17H,6-7,10H2,1-5H3. The smallest absolute Gasteiger partial charge is 0.0322 e. The maximum atomic E-state index is 3.62. The van der Waals surface area contributed by atoms with E-state index in [0.29, 0.717) is 6.04 Å². The Hall–Kier alpha value is -0.820. The van der Waals surface area contributed by atoms with Crippen LogP contribution in [0.25, 0.3) is 0 Å². The van der Waals surface area contributed by atoms with E-state index < -0.39 is 0 Å². The lowest BCUT2D eigenvalue weighted by Crippen LogP contribution is -2.22. The molecule has 17 heavy (non-hydrogen) atoms. The lowest BCUT2D eigenvalue weighted by Gasteiger charge is -2.22. The van der Waals surface area contributed by atoms with Crippen molar-refractivity contribution in [1.29, 1.82) is 0 Å². The molecule has 0 fully saturated rings. The summed E-state index contributed by atoms with van der Waals surface area (Å²) in [7, 11) is 0. The molecule has 1 aromatic carbocycles. The Morgan fingerprint density at radius 3 is 2.41 bits per heavy atom. The van der Waals surface area contributed by atoms with Crippen molar-refractivity contribution in [1.82, 2.24) is 5.32 Å². The topological polar surface area (TPSA) is 12.0 Å². The van der Waals surface area contributed by atoms with Crippen LogP contribution < -0.4 is 5.32 Å². The summed E-state index contributed by atoms with van der Waals surface area (Å²) in [5, 5.41) is 3.62. The maximum absolute atomic E-state index is 3.62. The van der Waals surface area contributed by atoms with E-state index in [4.69, 9.17) is 0 Å². The van der Waals surface area contributed by atoms with Crippen molar-refractivity contribution >= 4 is 0 Å². The van der Waals surface area contributed by atoms with Crippen LogP contribution in [-0.2, 0) is 0 Å². The summed E-state index contributed by atoms with van der Waals surface area (Å²) < 4.78 is 0. The quantitative estimate of drug-likeness (QED) is 0.768. The molecule has 0 spiro atoms. The summed E-state index contributed by atoms with van der Waals surface area (Å²) in [5.74, 6) is 0.779. The fourth-order valence-corrected chi connectivity index (χ4v) is 2.25. The zero-order valence-corrected chi connectivity index (χ0v) is 12.0. The summed E-state index contributed by atoms with van der Waals surface area (Å²) >= 11 is 0. The number of nitrogens with one attached hydrogen (secondary N) is 1. The van der Waals surface area contributed by atoms with Gasteiger partial charge in [-0.3, -0.25) is 0 Å². The molecule has 1 heteroatoms. The zero-order chi connectivity index (χ0) is 12.8. The van der Waals surface area contributed by atoms with Gasteiger partial charge in [-0.2, -0.15) is 0 Å². The molecule has 0 saturated carbocycles. The number of benzene rings is 1. The first-order valence-electron chi connectivity index (χ1n) is 6.85. The summed E-state index contributed by atoms with van der Waals surface area (Å²) in [5.41, 5.74) is 4.25. The van der Waals surface area contributed by atoms with E-state index >= 15 is 0 Å². The summed E-state index contributed by atoms with van der Waals surface area (Å²) in [6.07, 6.45) is 2.51. The van der Waals surface area contributed by atoms with E-state index in [-0.39, 0.29) is 0 Å². The monoisotopic (exact) mass is 233 g/mol. The molecular formula is C16H27N. The van der Waals surface area contributed by atoms with Crippen molar-refractivity contribution in [3.05, 3.63) is 34.9 Å². The Kier molecular flexibility index (Phi) is 5.70. The summed E-state index contributed by atoms with van der Waals surface area (Å²) in [6.45, 7) is 12.2. The Balaban J connectivity index is 2.84. The van der Waals surface area contributed by atoms with E-state index in [1.54, 1.807) is 0 Å². The third-order valence-electron chi connectivity index (χ3n) is 3.29. The highest BCUT2D eigenvalue weighted by Crippen LogP contribution is 2.24. The van der Waals surface area contributed by atoms with Crippen molar-refractivity contribution in [3.8, 4) is 0 Å². The zero-order valence-electron chi connectivity index (χ0n) is 12.0. The lowest BCUT2D eigenvalue weighted by molar-refractivity contribution is 0.447. The molecule has 0 aliphatic carbocycles. The molecule has 1 rings (SSSR count). The molecule has 0 bridgehead atoms. The number of hydrogen-bond donors (Lipinski definition) is 1. The first kappa shape index (κ1) is 14.2. The van der Waals surface area contributed by atoms with Crippen LogP contribution in [0.5, 0.6) is 0 Å². The molecule has 1 aromatic rings. The van der Waals surface area contributed by atoms with Crippen molar-refractivity contribution in [2.45, 2.75) is 53.5 Å². The number of aryl methyl sites for hydroxylation is 2. The van der Waals surface area contributed by atoms with E-state index in [9.17, 15) is 0 Å². The van der Waals surface area contributed by atoms with Crippen LogP contribution in [0, 0.1) is 19.8 Å². The predicted molar refractivity (Wildman–Crippen MR) is 76.4 cm³/mol. The van der Waals surface area contributed by atoms with Gasteiger partial charge in [0.25, 0.3) is 0 Å². The number of rotatable bonds is 6. The normalized spacial score (nSPS) is 13.1. The van der Waals surface area contributed by atoms with Crippen LogP contribution in [0.3, 0.4) is 0 Å². The van der Waals surface area contributed by atoms with E-state index in [0.717, 1.165) is 12.5 Å². The van der Waals surface area contributed by atoms with E-state index in [1.165, 1.54) is 29.5 Å². The van der Waals surface area contributed by atoms with Gasteiger partial charge in [0, 0.05) is 6.04 Å². The minimum atomic E-state index is 0.516. The van der Waals surface area contributed by atoms with Crippen molar-refractivity contribution in [2.75, 3.05) is 6.54 Å². The van der Waals surface area contributed by atoms with Gasteiger partial charge in [0.2, 0.25) is 0 Å². The molecule has 0 amide bonds. The molecule has 1 N–H and O–H groups in total. The van der Waals surface area contributed by atoms with Crippen molar-refractivity contribution in [2.24, 2.45) is 5.92 Å². The second-order valence-electron chi connectivity index (χ2n) is 5.44.